The molecule has 0 spiro atoms. The van der Waals surface area contributed by atoms with Crippen molar-refractivity contribution in [2.75, 3.05) is 0 Å². The lowest BCUT2D eigenvalue weighted by Gasteiger charge is -2.04. The third kappa shape index (κ3) is 2.14. The molecule has 2 N–H and O–H groups in total. The van der Waals surface area contributed by atoms with E-state index in [9.17, 15) is 0 Å². The smallest absolute Gasteiger partial charge is 0.0950 e. The fraction of sp³-hybridized carbons (Fsp3) is 0.333. The summed E-state index contributed by atoms with van der Waals surface area (Å²) in [6, 6.07) is 1.88. The van der Waals surface area contributed by atoms with Crippen LogP contribution in [0.15, 0.2) is 23.0 Å². The van der Waals surface area contributed by atoms with E-state index in [0.717, 1.165) is 12.0 Å². The molecule has 11 heavy (non-hydrogen) atoms. The van der Waals surface area contributed by atoms with Gasteiger partial charge in [0.05, 0.1) is 12.5 Å². The van der Waals surface area contributed by atoms with Crippen molar-refractivity contribution >= 4 is 0 Å². The summed E-state index contributed by atoms with van der Waals surface area (Å²) < 4.78 is 4.88. The molecule has 1 atom stereocenters. The summed E-state index contributed by atoms with van der Waals surface area (Å²) in [6.07, 6.45) is 9.90. The summed E-state index contributed by atoms with van der Waals surface area (Å²) in [5.74, 6) is 2.55. The van der Waals surface area contributed by atoms with E-state index in [-0.39, 0.29) is 6.04 Å². The lowest BCUT2D eigenvalue weighted by molar-refractivity contribution is 0.555. The second-order valence-corrected chi connectivity index (χ2v) is 2.41. The molecular weight excluding hydrogens is 138 g/mol. The molecule has 0 aliphatic rings. The molecule has 0 radical (unpaired) electrons. The number of hydrogen-bond donors (Lipinski definition) is 1. The zero-order chi connectivity index (χ0) is 8.10. The number of nitrogens with two attached hydrogens (primary N) is 1. The minimum atomic E-state index is 0.0183. The van der Waals surface area contributed by atoms with Gasteiger partial charge in [0.1, 0.15) is 0 Å². The van der Waals surface area contributed by atoms with Gasteiger partial charge in [0, 0.05) is 18.0 Å². The maximum atomic E-state index is 5.77. The van der Waals surface area contributed by atoms with Crippen LogP contribution in [0.5, 0.6) is 0 Å². The molecule has 1 unspecified atom stereocenters. The highest BCUT2D eigenvalue weighted by molar-refractivity contribution is 5.10. The molecule has 1 heterocycles. The third-order valence-corrected chi connectivity index (χ3v) is 1.57. The van der Waals surface area contributed by atoms with Crippen molar-refractivity contribution in [2.24, 2.45) is 5.73 Å². The average molecular weight is 149 g/mol. The van der Waals surface area contributed by atoms with Crippen LogP contribution in [-0.2, 0) is 0 Å². The molecule has 0 fully saturated rings. The SMILES string of the molecule is C#CCCC(N)c1ccoc1. The highest BCUT2D eigenvalue weighted by Crippen LogP contribution is 2.14. The molecule has 0 bridgehead atoms. The van der Waals surface area contributed by atoms with Crippen molar-refractivity contribution in [2.45, 2.75) is 18.9 Å². The lowest BCUT2D eigenvalue weighted by atomic mass is 10.1. The minimum Gasteiger partial charge on any atom is -0.472 e. The molecule has 0 amide bonds. The number of furan rings is 1. The van der Waals surface area contributed by atoms with Crippen LogP contribution < -0.4 is 5.73 Å². The Bertz CT molecular complexity index is 233. The minimum absolute atomic E-state index is 0.0183. The van der Waals surface area contributed by atoms with E-state index in [1.165, 1.54) is 0 Å². The van der Waals surface area contributed by atoms with Gasteiger partial charge in [0.25, 0.3) is 0 Å². The number of terminal acetylenes is 1. The van der Waals surface area contributed by atoms with Gasteiger partial charge in [0.2, 0.25) is 0 Å². The highest BCUT2D eigenvalue weighted by atomic mass is 16.3. The third-order valence-electron chi connectivity index (χ3n) is 1.57. The zero-order valence-corrected chi connectivity index (χ0v) is 6.29. The Hall–Kier alpha value is -1.20. The van der Waals surface area contributed by atoms with Crippen LogP contribution in [0.2, 0.25) is 0 Å². The van der Waals surface area contributed by atoms with Crippen molar-refractivity contribution < 1.29 is 4.42 Å². The summed E-state index contributed by atoms with van der Waals surface area (Å²) >= 11 is 0. The van der Waals surface area contributed by atoms with Crippen molar-refractivity contribution in [3.63, 3.8) is 0 Å². The van der Waals surface area contributed by atoms with E-state index < -0.39 is 0 Å². The summed E-state index contributed by atoms with van der Waals surface area (Å²) in [4.78, 5) is 0. The molecule has 2 heteroatoms. The van der Waals surface area contributed by atoms with Gasteiger partial charge in [-0.15, -0.1) is 12.3 Å². The fourth-order valence-corrected chi connectivity index (χ4v) is 0.891. The number of rotatable bonds is 3. The predicted molar refractivity (Wildman–Crippen MR) is 43.7 cm³/mol. The van der Waals surface area contributed by atoms with Gasteiger partial charge in [-0.2, -0.15) is 0 Å². The second-order valence-electron chi connectivity index (χ2n) is 2.41. The molecule has 1 aromatic heterocycles. The largest absolute Gasteiger partial charge is 0.472 e. The molecular formula is C9H11NO. The lowest BCUT2D eigenvalue weighted by Crippen LogP contribution is -2.08. The van der Waals surface area contributed by atoms with Gasteiger partial charge in [-0.25, -0.2) is 0 Å². The Labute approximate surface area is 66.4 Å². The van der Waals surface area contributed by atoms with E-state index in [2.05, 4.69) is 5.92 Å². The van der Waals surface area contributed by atoms with Crippen molar-refractivity contribution in [1.82, 2.24) is 0 Å². The van der Waals surface area contributed by atoms with Crippen molar-refractivity contribution in [1.29, 1.82) is 0 Å². The first-order chi connectivity index (χ1) is 5.34. The molecule has 1 aromatic rings. The van der Waals surface area contributed by atoms with Crippen LogP contribution in [0.3, 0.4) is 0 Å². The number of hydrogen-bond acceptors (Lipinski definition) is 2. The van der Waals surface area contributed by atoms with E-state index in [0.29, 0.717) is 6.42 Å². The fourth-order valence-electron chi connectivity index (χ4n) is 0.891. The summed E-state index contributed by atoms with van der Waals surface area (Å²) in [5, 5.41) is 0. The van der Waals surface area contributed by atoms with Gasteiger partial charge in [-0.1, -0.05) is 0 Å². The van der Waals surface area contributed by atoms with E-state index >= 15 is 0 Å². The predicted octanol–water partition coefficient (Wildman–Crippen LogP) is 1.69. The van der Waals surface area contributed by atoms with Crippen LogP contribution in [0.4, 0.5) is 0 Å². The average Bonchev–Trinajstić information content (AvgIpc) is 2.52. The van der Waals surface area contributed by atoms with Gasteiger partial charge in [-0.05, 0) is 12.5 Å². The Kier molecular flexibility index (Phi) is 2.76. The summed E-state index contributed by atoms with van der Waals surface area (Å²) in [6.45, 7) is 0. The first kappa shape index (κ1) is 7.90. The Morgan fingerprint density at radius 2 is 2.55 bits per heavy atom. The normalized spacial score (nSPS) is 12.4. The Morgan fingerprint density at radius 3 is 3.09 bits per heavy atom. The molecule has 1 rings (SSSR count). The topological polar surface area (TPSA) is 39.2 Å². The van der Waals surface area contributed by atoms with Gasteiger partial charge >= 0.3 is 0 Å². The quantitative estimate of drug-likeness (QED) is 0.664. The zero-order valence-electron chi connectivity index (χ0n) is 6.29. The Morgan fingerprint density at radius 1 is 1.73 bits per heavy atom. The molecule has 0 aliphatic heterocycles. The molecule has 0 aromatic carbocycles. The van der Waals surface area contributed by atoms with Crippen LogP contribution >= 0.6 is 0 Å². The van der Waals surface area contributed by atoms with Crippen LogP contribution in [-0.4, -0.2) is 0 Å². The first-order valence-corrected chi connectivity index (χ1v) is 3.55. The molecule has 2 nitrogen and oxygen atoms in total. The summed E-state index contributed by atoms with van der Waals surface area (Å²) in [7, 11) is 0. The Balaban J connectivity index is 2.44. The highest BCUT2D eigenvalue weighted by Gasteiger charge is 2.04. The van der Waals surface area contributed by atoms with E-state index in [1.54, 1.807) is 12.5 Å². The maximum absolute atomic E-state index is 5.77. The van der Waals surface area contributed by atoms with Crippen molar-refractivity contribution in [3.05, 3.63) is 24.2 Å². The molecule has 0 saturated carbocycles. The molecule has 0 saturated heterocycles. The van der Waals surface area contributed by atoms with Crippen LogP contribution in [0.25, 0.3) is 0 Å². The molecule has 58 valence electrons. The maximum Gasteiger partial charge on any atom is 0.0950 e. The first-order valence-electron chi connectivity index (χ1n) is 3.55. The van der Waals surface area contributed by atoms with Gasteiger partial charge in [0.15, 0.2) is 0 Å². The van der Waals surface area contributed by atoms with Crippen LogP contribution in [0.1, 0.15) is 24.4 Å². The standard InChI is InChI=1S/C9H11NO/c1-2-3-4-9(10)8-5-6-11-7-8/h1,5-7,9H,3-4,10H2. The monoisotopic (exact) mass is 149 g/mol. The van der Waals surface area contributed by atoms with E-state index in [1.807, 2.05) is 6.07 Å². The van der Waals surface area contributed by atoms with Crippen LogP contribution in [0, 0.1) is 12.3 Å². The van der Waals surface area contributed by atoms with Gasteiger partial charge in [-0.3, -0.25) is 0 Å². The van der Waals surface area contributed by atoms with E-state index in [4.69, 9.17) is 16.6 Å². The van der Waals surface area contributed by atoms with Crippen molar-refractivity contribution in [3.8, 4) is 12.3 Å². The summed E-state index contributed by atoms with van der Waals surface area (Å²) in [5.41, 5.74) is 6.78. The van der Waals surface area contributed by atoms with Gasteiger partial charge < -0.3 is 10.2 Å². The second kappa shape index (κ2) is 3.85. The molecule has 0 aliphatic carbocycles.